The Labute approximate surface area is 125 Å². The van der Waals surface area contributed by atoms with Crippen molar-refractivity contribution in [3.8, 4) is 11.5 Å². The number of carbonyl (C=O) groups excluding carboxylic acids is 1. The van der Waals surface area contributed by atoms with Crippen LogP contribution < -0.4 is 10.1 Å². The van der Waals surface area contributed by atoms with Crippen molar-refractivity contribution in [1.82, 2.24) is 5.32 Å². The molecule has 21 heavy (non-hydrogen) atoms. The lowest BCUT2D eigenvalue weighted by molar-refractivity contribution is -0.123. The van der Waals surface area contributed by atoms with Gasteiger partial charge in [0, 0.05) is 12.6 Å². The standard InChI is InChI=1S/C16H23NO4/c1-16(2)10-12(6-7-21-16)17-15(19)9-11-4-5-13(18)14(8-11)20-3/h4-5,8,12,18H,6-7,9-10H2,1-3H3,(H,17,19). The smallest absolute Gasteiger partial charge is 0.224 e. The van der Waals surface area contributed by atoms with Crippen molar-refractivity contribution in [2.45, 2.75) is 44.8 Å². The van der Waals surface area contributed by atoms with Crippen LogP contribution >= 0.6 is 0 Å². The summed E-state index contributed by atoms with van der Waals surface area (Å²) in [5.41, 5.74) is 0.631. The van der Waals surface area contributed by atoms with Crippen molar-refractivity contribution in [2.24, 2.45) is 0 Å². The number of phenols is 1. The molecule has 1 heterocycles. The van der Waals surface area contributed by atoms with E-state index in [4.69, 9.17) is 9.47 Å². The van der Waals surface area contributed by atoms with Crippen molar-refractivity contribution in [3.63, 3.8) is 0 Å². The van der Waals surface area contributed by atoms with Gasteiger partial charge in [0.1, 0.15) is 0 Å². The van der Waals surface area contributed by atoms with Crippen molar-refractivity contribution < 1.29 is 19.4 Å². The largest absolute Gasteiger partial charge is 0.504 e. The first-order chi connectivity index (χ1) is 9.89. The minimum atomic E-state index is -0.183. The summed E-state index contributed by atoms with van der Waals surface area (Å²) >= 11 is 0. The first-order valence-electron chi connectivity index (χ1n) is 7.19. The van der Waals surface area contributed by atoms with E-state index in [2.05, 4.69) is 5.32 Å². The normalized spacial score (nSPS) is 20.8. The van der Waals surface area contributed by atoms with E-state index < -0.39 is 0 Å². The predicted octanol–water partition coefficient (Wildman–Crippen LogP) is 2.02. The number of rotatable bonds is 4. The van der Waals surface area contributed by atoms with Gasteiger partial charge in [-0.05, 0) is 44.4 Å². The Bertz CT molecular complexity index is 513. The van der Waals surface area contributed by atoms with Crippen molar-refractivity contribution in [2.75, 3.05) is 13.7 Å². The fraction of sp³-hybridized carbons (Fsp3) is 0.562. The lowest BCUT2D eigenvalue weighted by Gasteiger charge is -2.35. The summed E-state index contributed by atoms with van der Waals surface area (Å²) in [6.07, 6.45) is 1.93. The molecule has 0 aromatic heterocycles. The van der Waals surface area contributed by atoms with Crippen LogP contribution in [0, 0.1) is 0 Å². The quantitative estimate of drug-likeness (QED) is 0.891. The van der Waals surface area contributed by atoms with Gasteiger partial charge < -0.3 is 19.9 Å². The Morgan fingerprint density at radius 1 is 1.52 bits per heavy atom. The number of methoxy groups -OCH3 is 1. The number of nitrogens with one attached hydrogen (secondary N) is 1. The van der Waals surface area contributed by atoms with Crippen LogP contribution in [-0.2, 0) is 16.0 Å². The molecule has 1 fully saturated rings. The Hall–Kier alpha value is -1.75. The fourth-order valence-corrected chi connectivity index (χ4v) is 2.65. The van der Waals surface area contributed by atoms with E-state index in [0.29, 0.717) is 12.4 Å². The molecule has 1 aromatic rings. The average molecular weight is 293 g/mol. The molecule has 1 atom stereocenters. The highest BCUT2D eigenvalue weighted by atomic mass is 16.5. The van der Waals surface area contributed by atoms with E-state index in [1.807, 2.05) is 13.8 Å². The predicted molar refractivity (Wildman–Crippen MR) is 79.6 cm³/mol. The highest BCUT2D eigenvalue weighted by molar-refractivity contribution is 5.79. The zero-order valence-corrected chi connectivity index (χ0v) is 12.8. The van der Waals surface area contributed by atoms with Crippen molar-refractivity contribution in [1.29, 1.82) is 0 Å². The van der Waals surface area contributed by atoms with Crippen LogP contribution in [0.2, 0.25) is 0 Å². The second-order valence-corrected chi connectivity index (χ2v) is 6.05. The molecule has 1 unspecified atom stereocenters. The van der Waals surface area contributed by atoms with Crippen LogP contribution in [0.4, 0.5) is 0 Å². The number of ether oxygens (including phenoxy) is 2. The van der Waals surface area contributed by atoms with Gasteiger partial charge in [0.2, 0.25) is 5.91 Å². The molecule has 0 aliphatic carbocycles. The van der Waals surface area contributed by atoms with Gasteiger partial charge in [-0.2, -0.15) is 0 Å². The van der Waals surface area contributed by atoms with E-state index in [9.17, 15) is 9.90 Å². The van der Waals surface area contributed by atoms with Crippen molar-refractivity contribution in [3.05, 3.63) is 23.8 Å². The van der Waals surface area contributed by atoms with E-state index in [0.717, 1.165) is 18.4 Å². The second-order valence-electron chi connectivity index (χ2n) is 6.05. The molecule has 0 bridgehead atoms. The number of aromatic hydroxyl groups is 1. The van der Waals surface area contributed by atoms with Crippen LogP contribution in [0.15, 0.2) is 18.2 Å². The minimum Gasteiger partial charge on any atom is -0.504 e. The topological polar surface area (TPSA) is 67.8 Å². The monoisotopic (exact) mass is 293 g/mol. The maximum absolute atomic E-state index is 12.1. The van der Waals surface area contributed by atoms with Crippen LogP contribution in [-0.4, -0.2) is 36.4 Å². The fourth-order valence-electron chi connectivity index (χ4n) is 2.65. The summed E-state index contributed by atoms with van der Waals surface area (Å²) < 4.78 is 10.7. The molecule has 0 saturated carbocycles. The molecule has 0 spiro atoms. The molecule has 5 heteroatoms. The van der Waals surface area contributed by atoms with Gasteiger partial charge in [0.25, 0.3) is 0 Å². The third-order valence-corrected chi connectivity index (χ3v) is 3.67. The Kier molecular flexibility index (Phi) is 4.73. The van der Waals surface area contributed by atoms with Crippen LogP contribution in [0.3, 0.4) is 0 Å². The van der Waals surface area contributed by atoms with E-state index in [-0.39, 0.29) is 29.7 Å². The first kappa shape index (κ1) is 15.6. The van der Waals surface area contributed by atoms with Gasteiger partial charge in [-0.15, -0.1) is 0 Å². The van der Waals surface area contributed by atoms with Crippen molar-refractivity contribution >= 4 is 5.91 Å². The molecule has 0 radical (unpaired) electrons. The number of phenolic OH excluding ortho intramolecular Hbond substituents is 1. The van der Waals surface area contributed by atoms with Gasteiger partial charge >= 0.3 is 0 Å². The molecule has 5 nitrogen and oxygen atoms in total. The number of amides is 1. The van der Waals surface area contributed by atoms with Gasteiger partial charge in [0.05, 0.1) is 19.1 Å². The highest BCUT2D eigenvalue weighted by Crippen LogP contribution is 2.27. The lowest BCUT2D eigenvalue weighted by atomic mass is 9.94. The number of hydrogen-bond acceptors (Lipinski definition) is 4. The SMILES string of the molecule is COc1cc(CC(=O)NC2CCOC(C)(C)C2)ccc1O. The Morgan fingerprint density at radius 3 is 2.95 bits per heavy atom. The average Bonchev–Trinajstić information content (AvgIpc) is 2.39. The van der Waals surface area contributed by atoms with Crippen LogP contribution in [0.1, 0.15) is 32.3 Å². The van der Waals surface area contributed by atoms with E-state index >= 15 is 0 Å². The lowest BCUT2D eigenvalue weighted by Crippen LogP contribution is -2.46. The Balaban J connectivity index is 1.92. The zero-order valence-electron chi connectivity index (χ0n) is 12.8. The number of carbonyl (C=O) groups is 1. The van der Waals surface area contributed by atoms with Gasteiger partial charge in [-0.25, -0.2) is 0 Å². The maximum atomic E-state index is 12.1. The molecule has 1 amide bonds. The summed E-state index contributed by atoms with van der Waals surface area (Å²) in [6, 6.07) is 5.10. The maximum Gasteiger partial charge on any atom is 0.224 e. The molecular weight excluding hydrogens is 270 g/mol. The first-order valence-corrected chi connectivity index (χ1v) is 7.19. The molecule has 1 aliphatic rings. The van der Waals surface area contributed by atoms with E-state index in [1.165, 1.54) is 7.11 Å². The molecular formula is C16H23NO4. The summed E-state index contributed by atoms with van der Waals surface area (Å²) in [4.78, 5) is 12.1. The molecule has 116 valence electrons. The minimum absolute atomic E-state index is 0.0227. The molecule has 1 saturated heterocycles. The molecule has 2 rings (SSSR count). The van der Waals surface area contributed by atoms with Crippen LogP contribution in [0.25, 0.3) is 0 Å². The molecule has 1 aromatic carbocycles. The van der Waals surface area contributed by atoms with Gasteiger partial charge in [0.15, 0.2) is 11.5 Å². The summed E-state index contributed by atoms with van der Waals surface area (Å²) in [7, 11) is 1.49. The molecule has 2 N–H and O–H groups in total. The van der Waals surface area contributed by atoms with Gasteiger partial charge in [-0.1, -0.05) is 6.07 Å². The zero-order chi connectivity index (χ0) is 15.5. The third kappa shape index (κ3) is 4.36. The van der Waals surface area contributed by atoms with Crippen LogP contribution in [0.5, 0.6) is 11.5 Å². The third-order valence-electron chi connectivity index (χ3n) is 3.67. The number of benzene rings is 1. The highest BCUT2D eigenvalue weighted by Gasteiger charge is 2.29. The summed E-state index contributed by atoms with van der Waals surface area (Å²) in [6.45, 7) is 4.75. The van der Waals surface area contributed by atoms with E-state index in [1.54, 1.807) is 18.2 Å². The summed E-state index contributed by atoms with van der Waals surface area (Å²) in [5, 5.41) is 12.6. The second kappa shape index (κ2) is 6.35. The van der Waals surface area contributed by atoms with Gasteiger partial charge in [-0.3, -0.25) is 4.79 Å². The Morgan fingerprint density at radius 2 is 2.29 bits per heavy atom. The molecule has 1 aliphatic heterocycles. The number of hydrogen-bond donors (Lipinski definition) is 2. The summed E-state index contributed by atoms with van der Waals surface area (Å²) in [5.74, 6) is 0.436.